The lowest BCUT2D eigenvalue weighted by Gasteiger charge is -2.25. The molecule has 0 saturated carbocycles. The molecule has 1 amide bonds. The molecule has 0 spiro atoms. The Morgan fingerprint density at radius 3 is 2.57 bits per heavy atom. The van der Waals surface area contributed by atoms with Crippen LogP contribution in [0.1, 0.15) is 12.0 Å². The Morgan fingerprint density at radius 1 is 1.43 bits per heavy atom. The second kappa shape index (κ2) is 6.66. The van der Waals surface area contributed by atoms with Crippen LogP contribution in [0.5, 0.6) is 0 Å². The largest absolute Gasteiger partial charge is 0.432 e. The van der Waals surface area contributed by atoms with E-state index >= 15 is 0 Å². The first-order valence-corrected chi connectivity index (χ1v) is 7.80. The van der Waals surface area contributed by atoms with Crippen LogP contribution in [0.15, 0.2) is 40.5 Å². The Bertz CT molecular complexity index is 543. The van der Waals surface area contributed by atoms with E-state index in [2.05, 4.69) is 15.9 Å². The van der Waals surface area contributed by atoms with Crippen molar-refractivity contribution in [2.45, 2.75) is 25.7 Å². The summed E-state index contributed by atoms with van der Waals surface area (Å²) in [6.07, 6.45) is 3.26. The van der Waals surface area contributed by atoms with Crippen molar-refractivity contribution < 1.29 is 9.82 Å². The van der Waals surface area contributed by atoms with Gasteiger partial charge in [-0.25, -0.2) is 0 Å². The molecule has 0 aromatic heterocycles. The minimum Gasteiger partial charge on any atom is -0.432 e. The third-order valence-corrected chi connectivity index (χ3v) is 4.09. The smallest absolute Gasteiger partial charge is 0.412 e. The first-order valence-electron chi connectivity index (χ1n) is 7.00. The highest BCUT2D eigenvalue weighted by Crippen LogP contribution is 2.28. The fourth-order valence-corrected chi connectivity index (χ4v) is 2.99. The lowest BCUT2D eigenvalue weighted by Crippen LogP contribution is -2.44. The summed E-state index contributed by atoms with van der Waals surface area (Å²) in [5.74, 6) is -0.0687. The molecular weight excluding hydrogens is 331 g/mol. The minimum atomic E-state index is -0.772. The predicted molar refractivity (Wildman–Crippen MR) is 88.7 cm³/mol. The van der Waals surface area contributed by atoms with Crippen molar-refractivity contribution in [1.29, 1.82) is 0 Å². The molecule has 1 aliphatic heterocycles. The highest BCUT2D eigenvalue weighted by atomic mass is 79.9. The Balaban J connectivity index is 2.20. The molecule has 112 valence electrons. The minimum absolute atomic E-state index is 0.00451. The fraction of sp³-hybridized carbons (Fsp3) is 0.400. The van der Waals surface area contributed by atoms with Crippen molar-refractivity contribution in [3.8, 4) is 0 Å². The number of hydrogen-bond donors (Lipinski definition) is 1. The predicted octanol–water partition coefficient (Wildman–Crippen LogP) is 2.15. The van der Waals surface area contributed by atoms with Gasteiger partial charge in [-0.3, -0.25) is 4.79 Å². The van der Waals surface area contributed by atoms with E-state index in [1.165, 1.54) is 0 Å². The van der Waals surface area contributed by atoms with E-state index in [4.69, 9.17) is 0 Å². The SMILES string of the molecule is CB(O)N1C(=O)C(=CN(C)C)C[C@H]1Cc1ccc(Br)cc1. The van der Waals surface area contributed by atoms with Crippen LogP contribution in [0.3, 0.4) is 0 Å². The first kappa shape index (κ1) is 16.1. The quantitative estimate of drug-likeness (QED) is 0.668. The van der Waals surface area contributed by atoms with Gasteiger partial charge < -0.3 is 14.7 Å². The molecule has 1 atom stereocenters. The van der Waals surface area contributed by atoms with Crippen LogP contribution in [0, 0.1) is 0 Å². The van der Waals surface area contributed by atoms with Gasteiger partial charge in [-0.05, 0) is 37.4 Å². The molecule has 1 aromatic rings. The second-order valence-electron chi connectivity index (χ2n) is 5.65. The molecule has 4 nitrogen and oxygen atoms in total. The van der Waals surface area contributed by atoms with Crippen LogP contribution in [-0.2, 0) is 11.2 Å². The summed E-state index contributed by atoms with van der Waals surface area (Å²) in [5, 5.41) is 9.92. The zero-order valence-electron chi connectivity index (χ0n) is 12.6. The van der Waals surface area contributed by atoms with Gasteiger partial charge in [0.1, 0.15) is 0 Å². The van der Waals surface area contributed by atoms with Gasteiger partial charge in [-0.1, -0.05) is 28.1 Å². The highest BCUT2D eigenvalue weighted by Gasteiger charge is 2.39. The number of halogens is 1. The van der Waals surface area contributed by atoms with Crippen molar-refractivity contribution in [1.82, 2.24) is 9.71 Å². The Kier molecular flexibility index (Phi) is 5.11. The van der Waals surface area contributed by atoms with E-state index < -0.39 is 7.05 Å². The molecule has 0 unspecified atom stereocenters. The van der Waals surface area contributed by atoms with Crippen molar-refractivity contribution in [2.24, 2.45) is 0 Å². The summed E-state index contributed by atoms with van der Waals surface area (Å²) in [5.41, 5.74) is 1.91. The Labute approximate surface area is 134 Å². The van der Waals surface area contributed by atoms with Gasteiger partial charge in [0.05, 0.1) is 0 Å². The zero-order chi connectivity index (χ0) is 15.6. The molecule has 1 aromatic carbocycles. The van der Waals surface area contributed by atoms with Crippen LogP contribution in [-0.4, -0.2) is 47.8 Å². The van der Waals surface area contributed by atoms with E-state index in [-0.39, 0.29) is 11.9 Å². The van der Waals surface area contributed by atoms with E-state index in [1.807, 2.05) is 49.5 Å². The van der Waals surface area contributed by atoms with Gasteiger partial charge in [0.15, 0.2) is 0 Å². The van der Waals surface area contributed by atoms with Gasteiger partial charge >= 0.3 is 7.05 Å². The molecule has 1 N–H and O–H groups in total. The molecule has 1 aliphatic rings. The van der Waals surface area contributed by atoms with E-state index in [0.29, 0.717) is 6.42 Å². The molecule has 6 heteroatoms. The Hall–Kier alpha value is -1.27. The second-order valence-corrected chi connectivity index (χ2v) is 6.57. The maximum Gasteiger partial charge on any atom is 0.412 e. The molecule has 21 heavy (non-hydrogen) atoms. The summed E-state index contributed by atoms with van der Waals surface area (Å²) in [6.45, 7) is 1.64. The summed E-state index contributed by atoms with van der Waals surface area (Å²) in [7, 11) is 3.02. The van der Waals surface area contributed by atoms with Crippen LogP contribution < -0.4 is 0 Å². The van der Waals surface area contributed by atoms with Gasteiger partial charge in [-0.2, -0.15) is 0 Å². The van der Waals surface area contributed by atoms with Crippen LogP contribution in [0.4, 0.5) is 0 Å². The molecule has 0 bridgehead atoms. The number of benzene rings is 1. The van der Waals surface area contributed by atoms with Gasteiger partial charge in [0.25, 0.3) is 0 Å². The van der Waals surface area contributed by atoms with Gasteiger partial charge in [0, 0.05) is 36.4 Å². The van der Waals surface area contributed by atoms with Gasteiger partial charge in [0.2, 0.25) is 5.91 Å². The number of hydrogen-bond acceptors (Lipinski definition) is 3. The molecule has 0 radical (unpaired) electrons. The van der Waals surface area contributed by atoms with Crippen molar-refractivity contribution >= 4 is 28.9 Å². The van der Waals surface area contributed by atoms with Crippen molar-refractivity contribution in [3.63, 3.8) is 0 Å². The molecule has 0 aliphatic carbocycles. The van der Waals surface area contributed by atoms with E-state index in [9.17, 15) is 9.82 Å². The summed E-state index contributed by atoms with van der Waals surface area (Å²) in [6, 6.07) is 8.08. The zero-order valence-corrected chi connectivity index (χ0v) is 14.2. The molecular formula is C15H20BBrN2O2. The van der Waals surface area contributed by atoms with Crippen molar-refractivity contribution in [3.05, 3.63) is 46.1 Å². The summed E-state index contributed by atoms with van der Waals surface area (Å²) in [4.78, 5) is 15.9. The van der Waals surface area contributed by atoms with E-state index in [0.717, 1.165) is 22.0 Å². The monoisotopic (exact) mass is 350 g/mol. The number of carbonyl (C=O) groups excluding carboxylic acids is 1. The average Bonchev–Trinajstić information content (AvgIpc) is 2.68. The van der Waals surface area contributed by atoms with E-state index in [1.54, 1.807) is 11.6 Å². The Morgan fingerprint density at radius 2 is 2.05 bits per heavy atom. The average molecular weight is 351 g/mol. The first-order chi connectivity index (χ1) is 9.88. The molecule has 1 saturated heterocycles. The normalized spacial score (nSPS) is 20.2. The standard InChI is InChI=1S/C15H20BBrN2O2/c1-16(21)19-14(8-11-4-6-13(17)7-5-11)9-12(15(19)20)10-18(2)3/h4-7,10,14,21H,8-9H2,1-3H3/t14-/m1/s1. The molecule has 2 rings (SSSR count). The van der Waals surface area contributed by atoms with Gasteiger partial charge in [-0.15, -0.1) is 0 Å². The van der Waals surface area contributed by atoms with Crippen molar-refractivity contribution in [2.75, 3.05) is 14.1 Å². The fourth-order valence-electron chi connectivity index (χ4n) is 2.73. The number of rotatable bonds is 4. The summed E-state index contributed by atoms with van der Waals surface area (Å²) >= 11 is 3.42. The van der Waals surface area contributed by atoms with Crippen LogP contribution >= 0.6 is 15.9 Å². The third kappa shape index (κ3) is 3.89. The number of nitrogens with zero attached hydrogens (tertiary/aromatic N) is 2. The lowest BCUT2D eigenvalue weighted by molar-refractivity contribution is -0.122. The molecule has 1 fully saturated rings. The topological polar surface area (TPSA) is 43.8 Å². The maximum atomic E-state index is 12.4. The maximum absolute atomic E-state index is 12.4. The van der Waals surface area contributed by atoms with Crippen LogP contribution in [0.2, 0.25) is 6.82 Å². The lowest BCUT2D eigenvalue weighted by atomic mass is 9.83. The number of amides is 1. The summed E-state index contributed by atoms with van der Waals surface area (Å²) < 4.78 is 1.04. The van der Waals surface area contributed by atoms with Crippen LogP contribution in [0.25, 0.3) is 0 Å². The highest BCUT2D eigenvalue weighted by molar-refractivity contribution is 9.10. The number of carbonyl (C=O) groups is 1. The third-order valence-electron chi connectivity index (χ3n) is 3.56. The molecule has 1 heterocycles.